The van der Waals surface area contributed by atoms with Crippen molar-refractivity contribution >= 4 is 11.6 Å². The van der Waals surface area contributed by atoms with Crippen LogP contribution in [0.3, 0.4) is 0 Å². The summed E-state index contributed by atoms with van der Waals surface area (Å²) in [5.74, 6) is -0.564. The summed E-state index contributed by atoms with van der Waals surface area (Å²) in [6.07, 6.45) is -2.86. The smallest absolute Gasteiger partial charge is 0.398 e. The van der Waals surface area contributed by atoms with E-state index in [9.17, 15) is 18.0 Å². The zero-order chi connectivity index (χ0) is 14.8. The van der Waals surface area contributed by atoms with Crippen LogP contribution in [0.15, 0.2) is 18.2 Å². The van der Waals surface area contributed by atoms with Gasteiger partial charge in [-0.15, -0.1) is 0 Å². The average Bonchev–Trinajstić information content (AvgIpc) is 2.88. The third-order valence-corrected chi connectivity index (χ3v) is 3.14. The Hall–Kier alpha value is -1.76. The van der Waals surface area contributed by atoms with Gasteiger partial charge < -0.3 is 15.8 Å². The summed E-state index contributed by atoms with van der Waals surface area (Å²) in [4.78, 5) is 11.8. The van der Waals surface area contributed by atoms with Gasteiger partial charge in [-0.3, -0.25) is 4.79 Å². The molecule has 1 heterocycles. The minimum absolute atomic E-state index is 0.0604. The molecule has 0 saturated carbocycles. The van der Waals surface area contributed by atoms with Crippen LogP contribution in [0, 0.1) is 0 Å². The number of alkyl halides is 3. The van der Waals surface area contributed by atoms with Crippen LogP contribution in [0.5, 0.6) is 0 Å². The first-order valence-electron chi connectivity index (χ1n) is 6.24. The lowest BCUT2D eigenvalue weighted by atomic mass is 10.1. The van der Waals surface area contributed by atoms with Crippen molar-refractivity contribution in [1.29, 1.82) is 0 Å². The number of halogens is 3. The first kappa shape index (κ1) is 14.6. The second-order valence-corrected chi connectivity index (χ2v) is 4.64. The number of nitrogen functional groups attached to an aromatic ring is 1. The van der Waals surface area contributed by atoms with Gasteiger partial charge in [0.2, 0.25) is 0 Å². The highest BCUT2D eigenvalue weighted by atomic mass is 19.4. The number of benzene rings is 1. The van der Waals surface area contributed by atoms with Gasteiger partial charge in [-0.25, -0.2) is 0 Å². The van der Waals surface area contributed by atoms with Crippen molar-refractivity contribution in [3.63, 3.8) is 0 Å². The maximum Gasteiger partial charge on any atom is 0.418 e. The molecule has 1 unspecified atom stereocenters. The molecule has 1 saturated heterocycles. The molecule has 1 aliphatic rings. The Kier molecular flexibility index (Phi) is 4.17. The number of carbonyl (C=O) groups is 1. The molecule has 20 heavy (non-hydrogen) atoms. The molecule has 1 amide bonds. The van der Waals surface area contributed by atoms with Gasteiger partial charge in [0.1, 0.15) is 0 Å². The number of ether oxygens (including phenoxy) is 1. The first-order valence-corrected chi connectivity index (χ1v) is 6.24. The Balaban J connectivity index is 2.06. The maximum atomic E-state index is 12.7. The molecule has 0 aromatic heterocycles. The number of hydrogen-bond donors (Lipinski definition) is 2. The second kappa shape index (κ2) is 5.70. The number of rotatable bonds is 3. The molecule has 1 fully saturated rings. The van der Waals surface area contributed by atoms with E-state index in [2.05, 4.69) is 5.32 Å². The van der Waals surface area contributed by atoms with Gasteiger partial charge in [0.25, 0.3) is 5.91 Å². The van der Waals surface area contributed by atoms with Crippen LogP contribution in [-0.2, 0) is 10.9 Å². The predicted molar refractivity (Wildman–Crippen MR) is 67.2 cm³/mol. The SMILES string of the molecule is Nc1ccc(C(=O)NCC2CCCO2)cc1C(F)(F)F. The van der Waals surface area contributed by atoms with Crippen molar-refractivity contribution in [2.24, 2.45) is 0 Å². The monoisotopic (exact) mass is 288 g/mol. The van der Waals surface area contributed by atoms with E-state index >= 15 is 0 Å². The maximum absolute atomic E-state index is 12.7. The Labute approximate surface area is 114 Å². The fraction of sp³-hybridized carbons (Fsp3) is 0.462. The predicted octanol–water partition coefficient (Wildman–Crippen LogP) is 2.20. The lowest BCUT2D eigenvalue weighted by molar-refractivity contribution is -0.136. The Morgan fingerprint density at radius 1 is 1.45 bits per heavy atom. The van der Waals surface area contributed by atoms with E-state index in [0.29, 0.717) is 13.2 Å². The van der Waals surface area contributed by atoms with Crippen LogP contribution in [0.2, 0.25) is 0 Å². The second-order valence-electron chi connectivity index (χ2n) is 4.64. The number of anilines is 1. The zero-order valence-corrected chi connectivity index (χ0v) is 10.7. The highest BCUT2D eigenvalue weighted by Gasteiger charge is 2.33. The molecule has 2 rings (SSSR count). The first-order chi connectivity index (χ1) is 9.38. The summed E-state index contributed by atoms with van der Waals surface area (Å²) in [5.41, 5.74) is 3.82. The fourth-order valence-corrected chi connectivity index (χ4v) is 2.06. The van der Waals surface area contributed by atoms with Gasteiger partial charge in [0.15, 0.2) is 0 Å². The summed E-state index contributed by atoms with van der Waals surface area (Å²) < 4.78 is 43.4. The quantitative estimate of drug-likeness (QED) is 0.838. The minimum Gasteiger partial charge on any atom is -0.398 e. The third-order valence-electron chi connectivity index (χ3n) is 3.14. The van der Waals surface area contributed by atoms with E-state index in [1.165, 1.54) is 6.07 Å². The molecular weight excluding hydrogens is 273 g/mol. The van der Waals surface area contributed by atoms with Crippen LogP contribution in [0.1, 0.15) is 28.8 Å². The standard InChI is InChI=1S/C13H15F3N2O2/c14-13(15,16)10-6-8(3-4-11(10)17)12(19)18-7-9-2-1-5-20-9/h3-4,6,9H,1-2,5,7,17H2,(H,18,19). The van der Waals surface area contributed by atoms with Crippen LogP contribution in [-0.4, -0.2) is 25.2 Å². The number of nitrogens with two attached hydrogens (primary N) is 1. The number of amides is 1. The molecular formula is C13H15F3N2O2. The van der Waals surface area contributed by atoms with Crippen LogP contribution in [0.4, 0.5) is 18.9 Å². The van der Waals surface area contributed by atoms with Crippen molar-refractivity contribution < 1.29 is 22.7 Å². The fourth-order valence-electron chi connectivity index (χ4n) is 2.06. The molecule has 1 aromatic carbocycles. The molecule has 0 bridgehead atoms. The molecule has 7 heteroatoms. The third kappa shape index (κ3) is 3.41. The van der Waals surface area contributed by atoms with E-state index < -0.39 is 23.3 Å². The van der Waals surface area contributed by atoms with Crippen molar-refractivity contribution in [3.8, 4) is 0 Å². The topological polar surface area (TPSA) is 64.4 Å². The lowest BCUT2D eigenvalue weighted by Gasteiger charge is -2.13. The molecule has 3 N–H and O–H groups in total. The van der Waals surface area contributed by atoms with Crippen molar-refractivity contribution in [1.82, 2.24) is 5.32 Å². The molecule has 1 atom stereocenters. The summed E-state index contributed by atoms with van der Waals surface area (Å²) in [5, 5.41) is 2.57. The van der Waals surface area contributed by atoms with E-state index in [-0.39, 0.29) is 11.7 Å². The van der Waals surface area contributed by atoms with E-state index in [1.807, 2.05) is 0 Å². The molecule has 0 spiro atoms. The Morgan fingerprint density at radius 2 is 2.20 bits per heavy atom. The summed E-state index contributed by atoms with van der Waals surface area (Å²) in [6.45, 7) is 0.950. The van der Waals surface area contributed by atoms with Gasteiger partial charge in [0.05, 0.1) is 11.7 Å². The van der Waals surface area contributed by atoms with Gasteiger partial charge in [-0.2, -0.15) is 13.2 Å². The van der Waals surface area contributed by atoms with Gasteiger partial charge in [0, 0.05) is 24.4 Å². The summed E-state index contributed by atoms with van der Waals surface area (Å²) in [7, 11) is 0. The summed E-state index contributed by atoms with van der Waals surface area (Å²) in [6, 6.07) is 3.12. The van der Waals surface area contributed by atoms with E-state index in [1.54, 1.807) is 0 Å². The van der Waals surface area contributed by atoms with Gasteiger partial charge in [-0.1, -0.05) is 0 Å². The number of hydrogen-bond acceptors (Lipinski definition) is 3. The molecule has 0 radical (unpaired) electrons. The van der Waals surface area contributed by atoms with Crippen LogP contribution >= 0.6 is 0 Å². The molecule has 4 nitrogen and oxygen atoms in total. The summed E-state index contributed by atoms with van der Waals surface area (Å²) >= 11 is 0. The van der Waals surface area contributed by atoms with E-state index in [0.717, 1.165) is 25.0 Å². The highest BCUT2D eigenvalue weighted by molar-refractivity contribution is 5.94. The molecule has 0 aliphatic carbocycles. The molecule has 110 valence electrons. The Morgan fingerprint density at radius 3 is 2.80 bits per heavy atom. The van der Waals surface area contributed by atoms with Gasteiger partial charge >= 0.3 is 6.18 Å². The number of nitrogens with one attached hydrogen (secondary N) is 1. The van der Waals surface area contributed by atoms with Gasteiger partial charge in [-0.05, 0) is 31.0 Å². The molecule has 1 aromatic rings. The lowest BCUT2D eigenvalue weighted by Crippen LogP contribution is -2.32. The highest BCUT2D eigenvalue weighted by Crippen LogP contribution is 2.33. The minimum atomic E-state index is -4.57. The van der Waals surface area contributed by atoms with Crippen molar-refractivity contribution in [2.45, 2.75) is 25.1 Å². The van der Waals surface area contributed by atoms with Crippen LogP contribution < -0.4 is 11.1 Å². The molecule has 1 aliphatic heterocycles. The number of carbonyl (C=O) groups excluding carboxylic acids is 1. The zero-order valence-electron chi connectivity index (χ0n) is 10.7. The Bertz CT molecular complexity index is 497. The van der Waals surface area contributed by atoms with Crippen molar-refractivity contribution in [3.05, 3.63) is 29.3 Å². The normalized spacial score (nSPS) is 19.1. The van der Waals surface area contributed by atoms with E-state index in [4.69, 9.17) is 10.5 Å². The average molecular weight is 288 g/mol. The van der Waals surface area contributed by atoms with Crippen LogP contribution in [0.25, 0.3) is 0 Å². The van der Waals surface area contributed by atoms with Crippen molar-refractivity contribution in [2.75, 3.05) is 18.9 Å². The largest absolute Gasteiger partial charge is 0.418 e.